The van der Waals surface area contributed by atoms with Crippen LogP contribution in [-0.2, 0) is 12.8 Å². The van der Waals surface area contributed by atoms with Gasteiger partial charge in [-0.05, 0) is 44.0 Å². The number of aromatic nitrogens is 1. The molecular weight excluding hydrogens is 256 g/mol. The maximum atomic E-state index is 5.17. The van der Waals surface area contributed by atoms with E-state index in [4.69, 9.17) is 4.74 Å². The highest BCUT2D eigenvalue weighted by Crippen LogP contribution is 2.15. The van der Waals surface area contributed by atoms with Gasteiger partial charge in [0.25, 0.3) is 0 Å². The van der Waals surface area contributed by atoms with Gasteiger partial charge in [-0.2, -0.15) is 0 Å². The van der Waals surface area contributed by atoms with E-state index in [1.54, 1.807) is 18.4 Å². The van der Waals surface area contributed by atoms with Crippen molar-refractivity contribution < 1.29 is 4.74 Å². The Morgan fingerprint density at radius 2 is 2.11 bits per heavy atom. The fourth-order valence-corrected chi connectivity index (χ4v) is 2.74. The molecule has 1 N–H and O–H groups in total. The molecule has 0 radical (unpaired) electrons. The maximum Gasteiger partial charge on any atom is 0.118 e. The highest BCUT2D eigenvalue weighted by molar-refractivity contribution is 7.09. The van der Waals surface area contributed by atoms with Crippen molar-refractivity contribution in [2.24, 2.45) is 0 Å². The summed E-state index contributed by atoms with van der Waals surface area (Å²) in [7, 11) is 3.72. The Labute approximate surface area is 118 Å². The first-order chi connectivity index (χ1) is 9.31. The fourth-order valence-electron chi connectivity index (χ4n) is 2.07. The second kappa shape index (κ2) is 7.26. The van der Waals surface area contributed by atoms with Crippen molar-refractivity contribution in [2.45, 2.75) is 25.3 Å². The highest BCUT2D eigenvalue weighted by Gasteiger charge is 2.08. The highest BCUT2D eigenvalue weighted by atomic mass is 32.1. The Bertz CT molecular complexity index is 467. The summed E-state index contributed by atoms with van der Waals surface area (Å²) in [5, 5.41) is 3.39. The monoisotopic (exact) mass is 276 g/mol. The van der Waals surface area contributed by atoms with Gasteiger partial charge >= 0.3 is 0 Å². The molecular formula is C15H20N2OS. The van der Waals surface area contributed by atoms with Crippen LogP contribution in [0.5, 0.6) is 5.75 Å². The summed E-state index contributed by atoms with van der Waals surface area (Å²) < 4.78 is 5.17. The molecule has 1 heterocycles. The van der Waals surface area contributed by atoms with E-state index in [2.05, 4.69) is 22.4 Å². The van der Waals surface area contributed by atoms with Gasteiger partial charge in [0, 0.05) is 17.1 Å². The summed E-state index contributed by atoms with van der Waals surface area (Å²) in [6.07, 6.45) is 5.22. The van der Waals surface area contributed by atoms with E-state index in [1.165, 1.54) is 10.4 Å². The van der Waals surface area contributed by atoms with Crippen LogP contribution in [0.25, 0.3) is 0 Å². The summed E-state index contributed by atoms with van der Waals surface area (Å²) in [5.41, 5.74) is 3.25. The van der Waals surface area contributed by atoms with Crippen LogP contribution in [0.2, 0.25) is 0 Å². The van der Waals surface area contributed by atoms with Crippen molar-refractivity contribution in [1.29, 1.82) is 0 Å². The lowest BCUT2D eigenvalue weighted by Gasteiger charge is -2.15. The third kappa shape index (κ3) is 4.33. The zero-order valence-electron chi connectivity index (χ0n) is 11.4. The molecule has 0 saturated carbocycles. The van der Waals surface area contributed by atoms with E-state index in [-0.39, 0.29) is 0 Å². The molecule has 2 rings (SSSR count). The number of methoxy groups -OCH3 is 1. The number of nitrogens with zero attached hydrogens (tertiary/aromatic N) is 1. The third-order valence-corrected chi connectivity index (χ3v) is 4.08. The van der Waals surface area contributed by atoms with Crippen LogP contribution < -0.4 is 10.1 Å². The first-order valence-electron chi connectivity index (χ1n) is 6.49. The number of likely N-dealkylation sites (N-methyl/N-ethyl adjacent to an activating group) is 1. The van der Waals surface area contributed by atoms with Gasteiger partial charge in [-0.15, -0.1) is 11.3 Å². The van der Waals surface area contributed by atoms with Gasteiger partial charge in [-0.3, -0.25) is 4.98 Å². The first kappa shape index (κ1) is 14.0. The molecule has 0 amide bonds. The summed E-state index contributed by atoms with van der Waals surface area (Å²) in [5.74, 6) is 0.915. The minimum atomic E-state index is 0.502. The SMILES string of the molecule is CNC(CCc1ccc(OC)cc1)Cc1cncs1. The molecule has 1 atom stereocenters. The largest absolute Gasteiger partial charge is 0.497 e. The zero-order valence-corrected chi connectivity index (χ0v) is 12.2. The van der Waals surface area contributed by atoms with Gasteiger partial charge in [-0.1, -0.05) is 12.1 Å². The van der Waals surface area contributed by atoms with Crippen LogP contribution in [0.4, 0.5) is 0 Å². The number of thiazole rings is 1. The molecule has 0 saturated heterocycles. The Hall–Kier alpha value is -1.39. The van der Waals surface area contributed by atoms with Gasteiger partial charge in [0.15, 0.2) is 0 Å². The van der Waals surface area contributed by atoms with E-state index in [1.807, 2.05) is 30.9 Å². The summed E-state index contributed by atoms with van der Waals surface area (Å²) in [4.78, 5) is 5.47. The van der Waals surface area contributed by atoms with Gasteiger partial charge < -0.3 is 10.1 Å². The Kier molecular flexibility index (Phi) is 5.36. The quantitative estimate of drug-likeness (QED) is 0.844. The van der Waals surface area contributed by atoms with Crippen molar-refractivity contribution in [1.82, 2.24) is 10.3 Å². The van der Waals surface area contributed by atoms with Crippen molar-refractivity contribution in [2.75, 3.05) is 14.2 Å². The van der Waals surface area contributed by atoms with E-state index < -0.39 is 0 Å². The van der Waals surface area contributed by atoms with Gasteiger partial charge in [0.05, 0.1) is 12.6 Å². The Morgan fingerprint density at radius 3 is 2.68 bits per heavy atom. The van der Waals surface area contributed by atoms with Crippen LogP contribution in [0.3, 0.4) is 0 Å². The summed E-state index contributed by atoms with van der Waals surface area (Å²) >= 11 is 1.73. The average molecular weight is 276 g/mol. The predicted molar refractivity (Wildman–Crippen MR) is 80.0 cm³/mol. The van der Waals surface area contributed by atoms with Crippen molar-refractivity contribution in [3.05, 3.63) is 46.4 Å². The summed E-state index contributed by atoms with van der Waals surface area (Å²) in [6, 6.07) is 8.82. The van der Waals surface area contributed by atoms with Crippen LogP contribution in [0.1, 0.15) is 16.9 Å². The first-order valence-corrected chi connectivity index (χ1v) is 7.37. The molecule has 1 unspecified atom stereocenters. The third-order valence-electron chi connectivity index (χ3n) is 3.28. The minimum absolute atomic E-state index is 0.502. The minimum Gasteiger partial charge on any atom is -0.497 e. The van der Waals surface area contributed by atoms with Gasteiger partial charge in [-0.25, -0.2) is 0 Å². The number of rotatable bonds is 7. The number of aryl methyl sites for hydroxylation is 1. The summed E-state index contributed by atoms with van der Waals surface area (Å²) in [6.45, 7) is 0. The molecule has 4 heteroatoms. The molecule has 0 spiro atoms. The number of ether oxygens (including phenoxy) is 1. The second-order valence-corrected chi connectivity index (χ2v) is 5.52. The van der Waals surface area contributed by atoms with Crippen LogP contribution in [0, 0.1) is 0 Å². The normalized spacial score (nSPS) is 12.3. The van der Waals surface area contributed by atoms with Crippen molar-refractivity contribution >= 4 is 11.3 Å². The number of nitrogens with one attached hydrogen (secondary N) is 1. The molecule has 3 nitrogen and oxygen atoms in total. The van der Waals surface area contributed by atoms with Crippen molar-refractivity contribution in [3.63, 3.8) is 0 Å². The molecule has 0 bridgehead atoms. The molecule has 1 aromatic carbocycles. The topological polar surface area (TPSA) is 34.1 Å². The van der Waals surface area contributed by atoms with Gasteiger partial charge in [0.1, 0.15) is 5.75 Å². The molecule has 19 heavy (non-hydrogen) atoms. The van der Waals surface area contributed by atoms with E-state index in [0.29, 0.717) is 6.04 Å². The molecule has 0 aliphatic carbocycles. The molecule has 0 fully saturated rings. The fraction of sp³-hybridized carbons (Fsp3) is 0.400. The molecule has 2 aromatic rings. The maximum absolute atomic E-state index is 5.17. The average Bonchev–Trinajstić information content (AvgIpc) is 2.97. The smallest absolute Gasteiger partial charge is 0.118 e. The Balaban J connectivity index is 1.84. The second-order valence-electron chi connectivity index (χ2n) is 4.54. The van der Waals surface area contributed by atoms with Crippen LogP contribution >= 0.6 is 11.3 Å². The zero-order chi connectivity index (χ0) is 13.5. The molecule has 1 aromatic heterocycles. The standard InChI is InChI=1S/C15H20N2OS/c1-16-13(9-15-10-17-11-19-15)6-3-12-4-7-14(18-2)8-5-12/h4-5,7-8,10-11,13,16H,3,6,9H2,1-2H3. The van der Waals surface area contributed by atoms with E-state index in [9.17, 15) is 0 Å². The lowest BCUT2D eigenvalue weighted by atomic mass is 10.0. The number of hydrogen-bond acceptors (Lipinski definition) is 4. The number of hydrogen-bond donors (Lipinski definition) is 1. The van der Waals surface area contributed by atoms with Crippen LogP contribution in [-0.4, -0.2) is 25.2 Å². The van der Waals surface area contributed by atoms with Crippen molar-refractivity contribution in [3.8, 4) is 5.75 Å². The Morgan fingerprint density at radius 1 is 1.32 bits per heavy atom. The van der Waals surface area contributed by atoms with Gasteiger partial charge in [0.2, 0.25) is 0 Å². The van der Waals surface area contributed by atoms with E-state index >= 15 is 0 Å². The van der Waals surface area contributed by atoms with Crippen LogP contribution in [0.15, 0.2) is 36.0 Å². The molecule has 0 aliphatic rings. The van der Waals surface area contributed by atoms with E-state index in [0.717, 1.165) is 25.0 Å². The molecule has 0 aliphatic heterocycles. The molecule has 102 valence electrons. The predicted octanol–water partition coefficient (Wildman–Crippen LogP) is 2.92. The number of benzene rings is 1. The lowest BCUT2D eigenvalue weighted by molar-refractivity contribution is 0.414. The lowest BCUT2D eigenvalue weighted by Crippen LogP contribution is -2.27.